The van der Waals surface area contributed by atoms with Crippen LogP contribution in [0.2, 0.25) is 10.0 Å². The van der Waals surface area contributed by atoms with Crippen LogP contribution in [-0.4, -0.2) is 0 Å². The highest BCUT2D eigenvalue weighted by atomic mass is 79.9. The van der Waals surface area contributed by atoms with E-state index in [0.29, 0.717) is 10.0 Å². The van der Waals surface area contributed by atoms with Crippen molar-refractivity contribution in [2.24, 2.45) is 0 Å². The molecule has 0 amide bonds. The fourth-order valence-corrected chi connectivity index (χ4v) is 3.90. The number of halogens is 3. The van der Waals surface area contributed by atoms with Crippen LogP contribution in [0.15, 0.2) is 48.5 Å². The summed E-state index contributed by atoms with van der Waals surface area (Å²) in [5.41, 5.74) is 2.79. The first-order valence-corrected chi connectivity index (χ1v) is 7.95. The fraction of sp³-hybridized carbons (Fsp3) is 0.250. The molecule has 0 spiro atoms. The van der Waals surface area contributed by atoms with E-state index in [0.717, 1.165) is 0 Å². The Bertz CT molecular complexity index is 591. The summed E-state index contributed by atoms with van der Waals surface area (Å²) in [4.78, 5) is 0.275. The average Bonchev–Trinajstić information content (AvgIpc) is 3.24. The van der Waals surface area contributed by atoms with Crippen molar-refractivity contribution >= 4 is 39.1 Å². The molecule has 1 fully saturated rings. The van der Waals surface area contributed by atoms with Crippen LogP contribution >= 0.6 is 39.1 Å². The van der Waals surface area contributed by atoms with Gasteiger partial charge in [-0.2, -0.15) is 0 Å². The molecule has 98 valence electrons. The summed E-state index contributed by atoms with van der Waals surface area (Å²) in [6.45, 7) is 0. The van der Waals surface area contributed by atoms with Crippen molar-refractivity contribution in [3.05, 3.63) is 69.7 Å². The van der Waals surface area contributed by atoms with E-state index in [1.807, 2.05) is 12.1 Å². The molecule has 3 heteroatoms. The first kappa shape index (κ1) is 13.5. The summed E-state index contributed by atoms with van der Waals surface area (Å²) in [6.07, 6.45) is 2.40. The summed E-state index contributed by atoms with van der Waals surface area (Å²) < 4.78 is 0. The summed E-state index contributed by atoms with van der Waals surface area (Å²) >= 11 is 16.0. The van der Waals surface area contributed by atoms with Crippen LogP contribution in [0.5, 0.6) is 0 Å². The monoisotopic (exact) mass is 354 g/mol. The maximum Gasteiger partial charge on any atom is 0.0595 e. The first-order chi connectivity index (χ1) is 9.13. The van der Waals surface area contributed by atoms with Crippen LogP contribution in [0.3, 0.4) is 0 Å². The highest BCUT2D eigenvalue weighted by Crippen LogP contribution is 2.60. The topological polar surface area (TPSA) is 0 Å². The van der Waals surface area contributed by atoms with Gasteiger partial charge in [0.1, 0.15) is 0 Å². The van der Waals surface area contributed by atoms with Crippen LogP contribution in [0, 0.1) is 0 Å². The third-order valence-corrected chi connectivity index (χ3v) is 6.00. The zero-order valence-corrected chi connectivity index (χ0v) is 13.3. The van der Waals surface area contributed by atoms with Gasteiger partial charge in [-0.05, 0) is 36.1 Å². The SMILES string of the molecule is Clc1ccc(C(Br)C2(c3ccccc3)CC2)cc1Cl. The van der Waals surface area contributed by atoms with Crippen molar-refractivity contribution in [1.29, 1.82) is 0 Å². The maximum absolute atomic E-state index is 6.12. The van der Waals surface area contributed by atoms with Crippen molar-refractivity contribution in [3.63, 3.8) is 0 Å². The molecule has 1 saturated carbocycles. The van der Waals surface area contributed by atoms with Gasteiger partial charge in [0.15, 0.2) is 0 Å². The van der Waals surface area contributed by atoms with Crippen molar-refractivity contribution in [1.82, 2.24) is 0 Å². The van der Waals surface area contributed by atoms with Gasteiger partial charge in [0.2, 0.25) is 0 Å². The molecule has 0 radical (unpaired) electrons. The highest BCUT2D eigenvalue weighted by Gasteiger charge is 2.50. The van der Waals surface area contributed by atoms with E-state index >= 15 is 0 Å². The molecule has 0 heterocycles. The van der Waals surface area contributed by atoms with E-state index in [-0.39, 0.29) is 10.2 Å². The molecule has 0 saturated heterocycles. The van der Waals surface area contributed by atoms with Crippen LogP contribution in [-0.2, 0) is 5.41 Å². The highest BCUT2D eigenvalue weighted by molar-refractivity contribution is 9.09. The van der Waals surface area contributed by atoms with Gasteiger partial charge in [-0.1, -0.05) is 75.5 Å². The van der Waals surface area contributed by atoms with Gasteiger partial charge >= 0.3 is 0 Å². The second-order valence-electron chi connectivity index (χ2n) is 5.06. The van der Waals surface area contributed by atoms with Gasteiger partial charge < -0.3 is 0 Å². The lowest BCUT2D eigenvalue weighted by molar-refractivity contribution is 0.681. The maximum atomic E-state index is 6.12. The van der Waals surface area contributed by atoms with Crippen LogP contribution in [0.1, 0.15) is 28.8 Å². The second kappa shape index (κ2) is 5.12. The van der Waals surface area contributed by atoms with Gasteiger partial charge in [0, 0.05) is 10.2 Å². The molecule has 1 atom stereocenters. The fourth-order valence-electron chi connectivity index (χ4n) is 2.58. The zero-order valence-electron chi connectivity index (χ0n) is 10.2. The summed E-state index contributed by atoms with van der Waals surface area (Å²) in [6, 6.07) is 16.6. The molecule has 0 bridgehead atoms. The Kier molecular flexibility index (Phi) is 3.63. The van der Waals surface area contributed by atoms with E-state index in [2.05, 4.69) is 52.3 Å². The number of rotatable bonds is 3. The Morgan fingerprint density at radius 3 is 2.21 bits per heavy atom. The van der Waals surface area contributed by atoms with Crippen molar-refractivity contribution in [2.45, 2.75) is 23.1 Å². The van der Waals surface area contributed by atoms with Gasteiger partial charge in [-0.25, -0.2) is 0 Å². The van der Waals surface area contributed by atoms with Crippen LogP contribution in [0.25, 0.3) is 0 Å². The minimum atomic E-state index is 0.207. The molecule has 2 aromatic rings. The third-order valence-electron chi connectivity index (χ3n) is 3.86. The zero-order chi connectivity index (χ0) is 13.5. The van der Waals surface area contributed by atoms with E-state index in [9.17, 15) is 0 Å². The molecule has 2 aromatic carbocycles. The van der Waals surface area contributed by atoms with Gasteiger partial charge in [-0.3, -0.25) is 0 Å². The number of alkyl halides is 1. The lowest BCUT2D eigenvalue weighted by atomic mass is 9.89. The molecule has 0 nitrogen and oxygen atoms in total. The predicted octanol–water partition coefficient (Wildman–Crippen LogP) is 6.16. The van der Waals surface area contributed by atoms with Crippen molar-refractivity contribution in [3.8, 4) is 0 Å². The van der Waals surface area contributed by atoms with E-state index in [1.54, 1.807) is 0 Å². The molecule has 0 aromatic heterocycles. The van der Waals surface area contributed by atoms with Gasteiger partial charge in [0.25, 0.3) is 0 Å². The Morgan fingerprint density at radius 1 is 0.947 bits per heavy atom. The standard InChI is InChI=1S/C16H13BrCl2/c17-15(11-6-7-13(18)14(19)10-11)16(8-9-16)12-4-2-1-3-5-12/h1-7,10,15H,8-9H2. The Hall–Kier alpha value is -0.500. The van der Waals surface area contributed by atoms with Crippen LogP contribution < -0.4 is 0 Å². The molecule has 0 N–H and O–H groups in total. The minimum absolute atomic E-state index is 0.207. The van der Waals surface area contributed by atoms with E-state index < -0.39 is 0 Å². The molecule has 0 aliphatic heterocycles. The largest absolute Gasteiger partial charge is 0.0829 e. The van der Waals surface area contributed by atoms with Crippen LogP contribution in [0.4, 0.5) is 0 Å². The Labute approximate surface area is 131 Å². The molecule has 1 aliphatic carbocycles. The summed E-state index contributed by atoms with van der Waals surface area (Å²) in [5, 5.41) is 1.22. The summed E-state index contributed by atoms with van der Waals surface area (Å²) in [5.74, 6) is 0. The number of hydrogen-bond acceptors (Lipinski definition) is 0. The minimum Gasteiger partial charge on any atom is -0.0829 e. The lowest BCUT2D eigenvalue weighted by Crippen LogP contribution is -2.13. The molecule has 1 unspecified atom stereocenters. The normalized spacial score (nSPS) is 18.1. The van der Waals surface area contributed by atoms with Gasteiger partial charge in [0.05, 0.1) is 10.0 Å². The average molecular weight is 356 g/mol. The van der Waals surface area contributed by atoms with E-state index in [1.165, 1.54) is 24.0 Å². The van der Waals surface area contributed by atoms with Gasteiger partial charge in [-0.15, -0.1) is 0 Å². The molecule has 1 aliphatic rings. The lowest BCUT2D eigenvalue weighted by Gasteiger charge is -2.23. The van der Waals surface area contributed by atoms with Crippen molar-refractivity contribution < 1.29 is 0 Å². The number of hydrogen-bond donors (Lipinski definition) is 0. The third kappa shape index (κ3) is 2.44. The second-order valence-corrected chi connectivity index (χ2v) is 6.79. The van der Waals surface area contributed by atoms with Crippen molar-refractivity contribution in [2.75, 3.05) is 0 Å². The predicted molar refractivity (Wildman–Crippen MR) is 85.5 cm³/mol. The molecular formula is C16H13BrCl2. The number of benzene rings is 2. The molecule has 19 heavy (non-hydrogen) atoms. The Balaban J connectivity index is 1.96. The Morgan fingerprint density at radius 2 is 1.63 bits per heavy atom. The molecule has 3 rings (SSSR count). The first-order valence-electron chi connectivity index (χ1n) is 6.28. The quantitative estimate of drug-likeness (QED) is 0.578. The molecular weight excluding hydrogens is 343 g/mol. The smallest absolute Gasteiger partial charge is 0.0595 e. The summed E-state index contributed by atoms with van der Waals surface area (Å²) in [7, 11) is 0. The van der Waals surface area contributed by atoms with E-state index in [4.69, 9.17) is 23.2 Å².